The van der Waals surface area contributed by atoms with Crippen LogP contribution < -0.4 is 10.6 Å². The molecule has 0 aromatic rings. The molecule has 2 aliphatic heterocycles. The van der Waals surface area contributed by atoms with Crippen molar-refractivity contribution in [2.24, 2.45) is 5.41 Å². The predicted molar refractivity (Wildman–Crippen MR) is 81.7 cm³/mol. The van der Waals surface area contributed by atoms with Crippen molar-refractivity contribution in [1.82, 2.24) is 20.4 Å². The maximum atomic E-state index is 12.4. The van der Waals surface area contributed by atoms with Gasteiger partial charge in [-0.3, -0.25) is 9.69 Å². The first-order valence-electron chi connectivity index (χ1n) is 7.80. The summed E-state index contributed by atoms with van der Waals surface area (Å²) in [4.78, 5) is 17.1. The number of nitrogens with one attached hydrogen (secondary N) is 2. The number of rotatable bonds is 3. The van der Waals surface area contributed by atoms with E-state index in [0.29, 0.717) is 6.04 Å². The number of carbonyl (C=O) groups is 1. The summed E-state index contributed by atoms with van der Waals surface area (Å²) in [6.45, 7) is 9.27. The summed E-state index contributed by atoms with van der Waals surface area (Å²) in [5.74, 6) is 0.163. The molecule has 2 fully saturated rings. The molecule has 2 saturated heterocycles. The first kappa shape index (κ1) is 15.7. The molecule has 2 unspecified atom stereocenters. The Kier molecular flexibility index (Phi) is 5.04. The molecule has 0 saturated carbocycles. The molecule has 0 aliphatic carbocycles. The van der Waals surface area contributed by atoms with Gasteiger partial charge in [0.05, 0.1) is 6.04 Å². The van der Waals surface area contributed by atoms with Crippen LogP contribution in [0.15, 0.2) is 0 Å². The summed E-state index contributed by atoms with van der Waals surface area (Å²) in [6.07, 6.45) is 2.27. The third kappa shape index (κ3) is 3.71. The minimum absolute atomic E-state index is 0.0529. The third-order valence-electron chi connectivity index (χ3n) is 4.88. The number of likely N-dealkylation sites (N-methyl/N-ethyl adjacent to an activating group) is 2. The summed E-state index contributed by atoms with van der Waals surface area (Å²) < 4.78 is 0. The Bertz CT molecular complexity index is 345. The van der Waals surface area contributed by atoms with E-state index in [4.69, 9.17) is 0 Å². The quantitative estimate of drug-likeness (QED) is 0.772. The SMILES string of the molecule is CN1CCN(C)C(CNC(=O)C2NCCCC2(C)C)C1. The first-order valence-corrected chi connectivity index (χ1v) is 7.80. The van der Waals surface area contributed by atoms with Gasteiger partial charge in [-0.15, -0.1) is 0 Å². The lowest BCUT2D eigenvalue weighted by Crippen LogP contribution is -2.59. The Morgan fingerprint density at radius 3 is 2.80 bits per heavy atom. The molecule has 1 amide bonds. The van der Waals surface area contributed by atoms with Gasteiger partial charge in [0.1, 0.15) is 0 Å². The average molecular weight is 282 g/mol. The van der Waals surface area contributed by atoms with E-state index in [2.05, 4.69) is 48.4 Å². The molecule has 0 aromatic carbocycles. The van der Waals surface area contributed by atoms with Crippen LogP contribution in [0.5, 0.6) is 0 Å². The van der Waals surface area contributed by atoms with Crippen LogP contribution in [0, 0.1) is 5.41 Å². The predicted octanol–water partition coefficient (Wildman–Crippen LogP) is 0.127. The lowest BCUT2D eigenvalue weighted by atomic mass is 9.77. The molecule has 0 radical (unpaired) electrons. The Balaban J connectivity index is 1.85. The Morgan fingerprint density at radius 1 is 1.35 bits per heavy atom. The van der Waals surface area contributed by atoms with Crippen LogP contribution >= 0.6 is 0 Å². The second-order valence-corrected chi connectivity index (χ2v) is 7.12. The molecule has 2 aliphatic rings. The van der Waals surface area contributed by atoms with Crippen molar-refractivity contribution >= 4 is 5.91 Å². The zero-order valence-corrected chi connectivity index (χ0v) is 13.4. The van der Waals surface area contributed by atoms with Crippen molar-refractivity contribution < 1.29 is 4.79 Å². The summed E-state index contributed by atoms with van der Waals surface area (Å²) in [6, 6.07) is 0.368. The van der Waals surface area contributed by atoms with Gasteiger partial charge in [-0.05, 0) is 38.9 Å². The van der Waals surface area contributed by atoms with Crippen LogP contribution in [0.25, 0.3) is 0 Å². The first-order chi connectivity index (χ1) is 9.40. The summed E-state index contributed by atoms with van der Waals surface area (Å²) in [5, 5.41) is 6.54. The normalized spacial score (nSPS) is 32.0. The van der Waals surface area contributed by atoms with E-state index in [1.54, 1.807) is 0 Å². The fraction of sp³-hybridized carbons (Fsp3) is 0.933. The molecule has 2 atom stereocenters. The van der Waals surface area contributed by atoms with E-state index >= 15 is 0 Å². The van der Waals surface area contributed by atoms with Gasteiger partial charge < -0.3 is 15.5 Å². The zero-order chi connectivity index (χ0) is 14.8. The third-order valence-corrected chi connectivity index (χ3v) is 4.88. The second-order valence-electron chi connectivity index (χ2n) is 7.12. The highest BCUT2D eigenvalue weighted by molar-refractivity contribution is 5.82. The van der Waals surface area contributed by atoms with Gasteiger partial charge >= 0.3 is 0 Å². The summed E-state index contributed by atoms with van der Waals surface area (Å²) in [7, 11) is 4.29. The van der Waals surface area contributed by atoms with Crippen molar-refractivity contribution in [3.63, 3.8) is 0 Å². The van der Waals surface area contributed by atoms with Crippen LogP contribution in [-0.4, -0.2) is 74.6 Å². The number of amides is 1. The van der Waals surface area contributed by atoms with E-state index in [1.165, 1.54) is 0 Å². The maximum Gasteiger partial charge on any atom is 0.237 e. The van der Waals surface area contributed by atoms with Crippen LogP contribution in [0.4, 0.5) is 0 Å². The average Bonchev–Trinajstić information content (AvgIpc) is 2.39. The van der Waals surface area contributed by atoms with Gasteiger partial charge in [-0.25, -0.2) is 0 Å². The van der Waals surface area contributed by atoms with Crippen molar-refractivity contribution in [2.75, 3.05) is 46.8 Å². The Hall–Kier alpha value is -0.650. The van der Waals surface area contributed by atoms with Gasteiger partial charge in [0.25, 0.3) is 0 Å². The Labute approximate surface area is 123 Å². The highest BCUT2D eigenvalue weighted by Gasteiger charge is 2.37. The molecular weight excluding hydrogens is 252 g/mol. The largest absolute Gasteiger partial charge is 0.353 e. The van der Waals surface area contributed by atoms with Gasteiger partial charge in [0, 0.05) is 32.2 Å². The van der Waals surface area contributed by atoms with E-state index in [-0.39, 0.29) is 17.4 Å². The minimum atomic E-state index is -0.0529. The molecule has 0 aromatic heterocycles. The number of hydrogen-bond acceptors (Lipinski definition) is 4. The highest BCUT2D eigenvalue weighted by Crippen LogP contribution is 2.30. The lowest BCUT2D eigenvalue weighted by Gasteiger charge is -2.40. The van der Waals surface area contributed by atoms with Crippen molar-refractivity contribution in [1.29, 1.82) is 0 Å². The van der Waals surface area contributed by atoms with Crippen LogP contribution in [0.2, 0.25) is 0 Å². The number of carbonyl (C=O) groups excluding carboxylic acids is 1. The second kappa shape index (κ2) is 6.41. The number of nitrogens with zero attached hydrogens (tertiary/aromatic N) is 2. The smallest absolute Gasteiger partial charge is 0.237 e. The molecule has 116 valence electrons. The van der Waals surface area contributed by atoms with Crippen molar-refractivity contribution in [3.05, 3.63) is 0 Å². The summed E-state index contributed by atoms with van der Waals surface area (Å²) >= 11 is 0. The van der Waals surface area contributed by atoms with Crippen LogP contribution in [0.3, 0.4) is 0 Å². The van der Waals surface area contributed by atoms with E-state index < -0.39 is 0 Å². The summed E-state index contributed by atoms with van der Waals surface area (Å²) in [5.41, 5.74) is 0.0532. The van der Waals surface area contributed by atoms with E-state index in [0.717, 1.165) is 45.6 Å². The highest BCUT2D eigenvalue weighted by atomic mass is 16.2. The molecule has 2 rings (SSSR count). The monoisotopic (exact) mass is 282 g/mol. The van der Waals surface area contributed by atoms with Crippen molar-refractivity contribution in [3.8, 4) is 0 Å². The number of piperazine rings is 1. The molecule has 0 bridgehead atoms. The van der Waals surface area contributed by atoms with Gasteiger partial charge in [-0.2, -0.15) is 0 Å². The lowest BCUT2D eigenvalue weighted by molar-refractivity contribution is -0.127. The topological polar surface area (TPSA) is 47.6 Å². The van der Waals surface area contributed by atoms with Gasteiger partial charge in [-0.1, -0.05) is 13.8 Å². The maximum absolute atomic E-state index is 12.4. The zero-order valence-electron chi connectivity index (χ0n) is 13.4. The van der Waals surface area contributed by atoms with Crippen molar-refractivity contribution in [2.45, 2.75) is 38.8 Å². The Morgan fingerprint density at radius 2 is 2.10 bits per heavy atom. The molecular formula is C15H30N4O. The fourth-order valence-electron chi connectivity index (χ4n) is 3.30. The van der Waals surface area contributed by atoms with Gasteiger partial charge in [0.2, 0.25) is 5.91 Å². The molecule has 2 heterocycles. The molecule has 2 N–H and O–H groups in total. The molecule has 0 spiro atoms. The van der Waals surface area contributed by atoms with Crippen LogP contribution in [0.1, 0.15) is 26.7 Å². The minimum Gasteiger partial charge on any atom is -0.353 e. The van der Waals surface area contributed by atoms with E-state index in [1.807, 2.05) is 0 Å². The van der Waals surface area contributed by atoms with Crippen LogP contribution in [-0.2, 0) is 4.79 Å². The standard InChI is InChI=1S/C15H30N4O/c1-15(2)6-5-7-16-13(15)14(20)17-10-12-11-18(3)8-9-19(12)4/h12-13,16H,5-11H2,1-4H3,(H,17,20). The van der Waals surface area contributed by atoms with E-state index in [9.17, 15) is 4.79 Å². The molecule has 20 heavy (non-hydrogen) atoms. The molecule has 5 nitrogen and oxygen atoms in total. The number of piperidine rings is 1. The van der Waals surface area contributed by atoms with Gasteiger partial charge in [0.15, 0.2) is 0 Å². The molecule has 5 heteroatoms. The number of hydrogen-bond donors (Lipinski definition) is 2. The fourth-order valence-corrected chi connectivity index (χ4v) is 3.30.